The highest BCUT2D eigenvalue weighted by atomic mass is 16.5. The van der Waals surface area contributed by atoms with Crippen molar-refractivity contribution in [3.05, 3.63) is 0 Å². The molecule has 1 aliphatic rings. The minimum Gasteiger partial charge on any atom is -0.380 e. The van der Waals surface area contributed by atoms with E-state index in [0.29, 0.717) is 27.1 Å². The Labute approximate surface area is 713 Å². The van der Waals surface area contributed by atoms with Crippen LogP contribution in [0.2, 0.25) is 0 Å². The Morgan fingerprint density at radius 2 is 0.427 bits per heavy atom. The van der Waals surface area contributed by atoms with Crippen LogP contribution in [0, 0.1) is 50.7 Å². The van der Waals surface area contributed by atoms with Gasteiger partial charge in [0, 0.05) is 0 Å². The van der Waals surface area contributed by atoms with Gasteiger partial charge in [0.15, 0.2) is 0 Å². The molecular formula is C108H243NO. The summed E-state index contributed by atoms with van der Waals surface area (Å²) in [6.45, 7) is 98.5. The molecule has 0 unspecified atom stereocenters. The van der Waals surface area contributed by atoms with Crippen LogP contribution in [0.15, 0.2) is 0 Å². The lowest BCUT2D eigenvalue weighted by atomic mass is 9.78. The van der Waals surface area contributed by atoms with Crippen LogP contribution in [-0.4, -0.2) is 37.7 Å². The lowest BCUT2D eigenvalue weighted by Gasteiger charge is -2.34. The van der Waals surface area contributed by atoms with Crippen molar-refractivity contribution in [3.8, 4) is 0 Å². The highest BCUT2D eigenvalue weighted by molar-refractivity contribution is 4.79. The van der Waals surface area contributed by atoms with Gasteiger partial charge in [-0.15, -0.1) is 0 Å². The summed E-state index contributed by atoms with van der Waals surface area (Å²) < 4.78 is 6.11. The average Bonchev–Trinajstić information content (AvgIpc) is 0.875. The number of hydrogen-bond acceptors (Lipinski definition) is 2. The minimum atomic E-state index is 0.418. The molecule has 1 rings (SSSR count). The van der Waals surface area contributed by atoms with Gasteiger partial charge in [-0.1, -0.05) is 566 Å². The predicted octanol–water partition coefficient (Wildman–Crippen LogP) is 42.0. The molecule has 0 radical (unpaired) electrons. The number of nitrogens with zero attached hydrogens (tertiary/aromatic N) is 1. The van der Waals surface area contributed by atoms with Crippen LogP contribution in [0.25, 0.3) is 0 Å². The van der Waals surface area contributed by atoms with Crippen molar-refractivity contribution in [2.75, 3.05) is 32.8 Å². The van der Waals surface area contributed by atoms with Gasteiger partial charge in [0.1, 0.15) is 0 Å². The van der Waals surface area contributed by atoms with Crippen LogP contribution in [-0.2, 0) is 4.74 Å². The van der Waals surface area contributed by atoms with Gasteiger partial charge in [-0.3, -0.25) is 0 Å². The van der Waals surface area contributed by atoms with Crippen molar-refractivity contribution >= 4 is 0 Å². The van der Waals surface area contributed by atoms with E-state index in [0.717, 1.165) is 36.9 Å². The molecule has 1 aliphatic carbocycles. The van der Waals surface area contributed by atoms with E-state index in [9.17, 15) is 0 Å². The van der Waals surface area contributed by atoms with Crippen molar-refractivity contribution in [1.82, 2.24) is 4.90 Å². The fourth-order valence-corrected chi connectivity index (χ4v) is 12.5. The SMILES string of the molecule is CCC(C)(C)CC.CCC(C)C.CCC(C)CC.CCC(CC)(CC)CC.CCC(CC)(CC)CC.CCC(CC)(CC)COCC(CC)(CC)CC.CCC1CCC(CC)CC1.CCCC.CCCCC.CCCCCC.CCCCCCC.CCCCCCC.CCCCCCCC.CCCN(CCC)CCC. The van der Waals surface area contributed by atoms with Crippen LogP contribution < -0.4 is 0 Å². The molecule has 1 fully saturated rings. The Morgan fingerprint density at radius 3 is 0.527 bits per heavy atom. The summed E-state index contributed by atoms with van der Waals surface area (Å²) in [5.41, 5.74) is 2.75. The van der Waals surface area contributed by atoms with E-state index < -0.39 is 0 Å². The van der Waals surface area contributed by atoms with Gasteiger partial charge < -0.3 is 9.64 Å². The van der Waals surface area contributed by atoms with E-state index in [1.54, 1.807) is 0 Å². The summed E-state index contributed by atoms with van der Waals surface area (Å²) in [5.74, 6) is 3.96. The van der Waals surface area contributed by atoms with Crippen LogP contribution in [0.1, 0.15) is 624 Å². The molecule has 2 nitrogen and oxygen atoms in total. The Bertz CT molecular complexity index is 1210. The molecular weight excluding hydrogens is 1330 g/mol. The second kappa shape index (κ2) is 117. The van der Waals surface area contributed by atoms with Crippen molar-refractivity contribution in [1.29, 1.82) is 0 Å². The van der Waals surface area contributed by atoms with Gasteiger partial charge in [-0.2, -0.15) is 0 Å². The maximum Gasteiger partial charge on any atom is 0.0522 e. The molecule has 2 heteroatoms. The third-order valence-electron chi connectivity index (χ3n) is 26.2. The largest absolute Gasteiger partial charge is 0.380 e. The van der Waals surface area contributed by atoms with E-state index in [-0.39, 0.29) is 0 Å². The summed E-state index contributed by atoms with van der Waals surface area (Å²) in [6, 6.07) is 0. The van der Waals surface area contributed by atoms with Crippen molar-refractivity contribution in [2.24, 2.45) is 50.7 Å². The van der Waals surface area contributed by atoms with Crippen molar-refractivity contribution in [3.63, 3.8) is 0 Å². The molecule has 0 N–H and O–H groups in total. The van der Waals surface area contributed by atoms with Crippen LogP contribution in [0.3, 0.4) is 0 Å². The van der Waals surface area contributed by atoms with Gasteiger partial charge in [-0.25, -0.2) is 0 Å². The molecule has 0 amide bonds. The second-order valence-electron chi connectivity index (χ2n) is 35.2. The number of unbranched alkanes of at least 4 members (excludes halogenated alkanes) is 19. The Kier molecular flexibility index (Phi) is 148. The minimum absolute atomic E-state index is 0.418. The van der Waals surface area contributed by atoms with Crippen molar-refractivity contribution < 1.29 is 4.74 Å². The monoisotopic (exact) mass is 1570 g/mol. The average molecular weight is 1570 g/mol. The quantitative estimate of drug-likeness (QED) is 0.0563. The number of ether oxygens (including phenoxy) is 1. The van der Waals surface area contributed by atoms with E-state index in [1.807, 2.05) is 0 Å². The fraction of sp³-hybridized carbons (Fsp3) is 1.00. The van der Waals surface area contributed by atoms with Crippen LogP contribution in [0.5, 0.6) is 0 Å². The summed E-state index contributed by atoms with van der Waals surface area (Å²) in [4.78, 5) is 2.54. The topological polar surface area (TPSA) is 12.5 Å². The normalized spacial score (nSPS) is 12.9. The molecule has 0 aromatic heterocycles. The smallest absolute Gasteiger partial charge is 0.0522 e. The molecule has 0 aromatic rings. The van der Waals surface area contributed by atoms with E-state index >= 15 is 0 Å². The molecule has 686 valence electrons. The first-order valence-electron chi connectivity index (χ1n) is 51.8. The molecule has 0 aromatic carbocycles. The molecule has 0 spiro atoms. The fourth-order valence-electron chi connectivity index (χ4n) is 12.5. The Balaban J connectivity index is -0.0000000851. The number of rotatable bonds is 50. The van der Waals surface area contributed by atoms with Gasteiger partial charge >= 0.3 is 0 Å². The standard InChI is InChI=1S/C16H34O.C10H20.C9H21N.2C9H20.C8H18.3C7H16.2C6H14.2C5H12.C4H10/c1-7-15(8-2,9-3)13-17-14-16(10-4,11-5)12-6;1-3-9-5-7-10(4-2)8-6-9;1-4-7-10(8-5-2)9-6-3;2*1-5-9(6-2,7-3)8-4;1-3-5-7-8-6-4-2;1-5-7(3,4)6-2;2*1-3-5-7-6-4-2;1-4-6(3)5-2;1-3-5-6-4-2;1-4-5(2)3;1-3-5-4-2;1-3-4-2/h7-14H2,1-6H3;9-10H,3-8H2,1-2H3;4-9H2,1-3H3;2*5-8H2,1-4H3;3-8H2,1-2H3;5-6H2,1-4H3;2*3-7H2,1-2H3;6H,4-5H2,1-3H3;3-6H2,1-2H3;5H,4H2,1-3H3;3-5H2,1-2H3;3-4H2,1-2H3. The first kappa shape index (κ1) is 139. The zero-order valence-corrected chi connectivity index (χ0v) is 87.7. The second-order valence-corrected chi connectivity index (χ2v) is 35.2. The molecule has 0 heterocycles. The first-order chi connectivity index (χ1) is 52.5. The highest BCUT2D eigenvalue weighted by Crippen LogP contribution is 2.37. The third-order valence-corrected chi connectivity index (χ3v) is 26.2. The molecule has 110 heavy (non-hydrogen) atoms. The van der Waals surface area contributed by atoms with Gasteiger partial charge in [0.05, 0.1) is 13.2 Å². The summed E-state index contributed by atoms with van der Waals surface area (Å²) >= 11 is 0. The highest BCUT2D eigenvalue weighted by Gasteiger charge is 2.29. The van der Waals surface area contributed by atoms with E-state index in [1.165, 1.54) is 360 Å². The van der Waals surface area contributed by atoms with Crippen molar-refractivity contribution in [2.45, 2.75) is 624 Å². The van der Waals surface area contributed by atoms with Gasteiger partial charge in [0.2, 0.25) is 0 Å². The molecule has 0 saturated heterocycles. The van der Waals surface area contributed by atoms with Gasteiger partial charge in [-0.05, 0) is 128 Å². The molecule has 1 saturated carbocycles. The summed E-state index contributed by atoms with van der Waals surface area (Å²) in [5, 5.41) is 0. The number of hydrogen-bond donors (Lipinski definition) is 0. The Morgan fingerprint density at radius 1 is 0.236 bits per heavy atom. The molecule has 0 bridgehead atoms. The van der Waals surface area contributed by atoms with E-state index in [4.69, 9.17) is 4.74 Å². The van der Waals surface area contributed by atoms with Crippen LogP contribution in [0.4, 0.5) is 0 Å². The summed E-state index contributed by atoms with van der Waals surface area (Å²) in [7, 11) is 0. The van der Waals surface area contributed by atoms with E-state index in [2.05, 4.69) is 289 Å². The first-order valence-corrected chi connectivity index (χ1v) is 51.8. The van der Waals surface area contributed by atoms with Crippen LogP contribution >= 0.6 is 0 Å². The molecule has 0 atom stereocenters. The Hall–Kier alpha value is -0.0800. The maximum absolute atomic E-state index is 6.11. The van der Waals surface area contributed by atoms with Gasteiger partial charge in [0.25, 0.3) is 0 Å². The zero-order chi connectivity index (χ0) is 88.1. The lowest BCUT2D eigenvalue weighted by Crippen LogP contribution is -2.30. The third kappa shape index (κ3) is 114. The summed E-state index contributed by atoms with van der Waals surface area (Å²) in [6.07, 6.45) is 72.2. The zero-order valence-electron chi connectivity index (χ0n) is 87.7. The molecule has 0 aliphatic heterocycles. The predicted molar refractivity (Wildman–Crippen MR) is 531 cm³/mol. The lowest BCUT2D eigenvalue weighted by molar-refractivity contribution is -0.0181. The maximum atomic E-state index is 6.11.